The number of hydrogen-bond acceptors (Lipinski definition) is 6. The van der Waals surface area contributed by atoms with Crippen molar-refractivity contribution in [3.63, 3.8) is 0 Å². The van der Waals surface area contributed by atoms with Crippen molar-refractivity contribution in [2.75, 3.05) is 23.7 Å². The fraction of sp³-hybridized carbons (Fsp3) is 0.500. The SMILES string of the molecule is CC(C)(C)OC(=O)CSc1nnc(N2CCCC2)n1-c1ccccc1Cl. The highest BCUT2D eigenvalue weighted by atomic mass is 35.5. The third-order valence-electron chi connectivity index (χ3n) is 3.84. The Bertz CT molecular complexity index is 782. The summed E-state index contributed by atoms with van der Waals surface area (Å²) in [4.78, 5) is 14.3. The Morgan fingerprint density at radius 1 is 1.23 bits per heavy atom. The number of para-hydroxylation sites is 1. The van der Waals surface area contributed by atoms with E-state index in [1.54, 1.807) is 0 Å². The van der Waals surface area contributed by atoms with Gasteiger partial charge in [0.1, 0.15) is 5.60 Å². The summed E-state index contributed by atoms with van der Waals surface area (Å²) >= 11 is 7.73. The van der Waals surface area contributed by atoms with E-state index < -0.39 is 5.60 Å². The van der Waals surface area contributed by atoms with Crippen molar-refractivity contribution < 1.29 is 9.53 Å². The maximum Gasteiger partial charge on any atom is 0.316 e. The second-order valence-corrected chi connectivity index (χ2v) is 8.49. The van der Waals surface area contributed by atoms with E-state index in [1.165, 1.54) is 11.8 Å². The van der Waals surface area contributed by atoms with E-state index in [-0.39, 0.29) is 11.7 Å². The zero-order valence-electron chi connectivity index (χ0n) is 15.2. The number of halogens is 1. The van der Waals surface area contributed by atoms with Crippen molar-refractivity contribution >= 4 is 35.3 Å². The molecule has 0 unspecified atom stereocenters. The highest BCUT2D eigenvalue weighted by molar-refractivity contribution is 7.99. The van der Waals surface area contributed by atoms with Crippen molar-refractivity contribution in [2.24, 2.45) is 0 Å². The number of carbonyl (C=O) groups is 1. The Morgan fingerprint density at radius 2 is 1.92 bits per heavy atom. The van der Waals surface area contributed by atoms with Gasteiger partial charge in [-0.15, -0.1) is 10.2 Å². The van der Waals surface area contributed by atoms with Crippen molar-refractivity contribution in [2.45, 2.75) is 44.4 Å². The molecule has 1 aliphatic heterocycles. The predicted octanol–water partition coefficient (Wildman–Crippen LogP) is 3.95. The molecule has 8 heteroatoms. The van der Waals surface area contributed by atoms with Crippen LogP contribution in [0.1, 0.15) is 33.6 Å². The van der Waals surface area contributed by atoms with Gasteiger partial charge in [-0.3, -0.25) is 9.36 Å². The number of carbonyl (C=O) groups excluding carboxylic acids is 1. The zero-order valence-corrected chi connectivity index (χ0v) is 16.8. The summed E-state index contributed by atoms with van der Waals surface area (Å²) in [5, 5.41) is 9.94. The van der Waals surface area contributed by atoms with Crippen LogP contribution in [0.5, 0.6) is 0 Å². The summed E-state index contributed by atoms with van der Waals surface area (Å²) < 4.78 is 7.31. The highest BCUT2D eigenvalue weighted by Crippen LogP contribution is 2.32. The van der Waals surface area contributed by atoms with Crippen LogP contribution >= 0.6 is 23.4 Å². The van der Waals surface area contributed by atoms with Gasteiger partial charge in [0.25, 0.3) is 0 Å². The van der Waals surface area contributed by atoms with Crippen molar-refractivity contribution in [3.8, 4) is 5.69 Å². The van der Waals surface area contributed by atoms with Gasteiger partial charge in [-0.25, -0.2) is 0 Å². The molecule has 1 aromatic heterocycles. The molecule has 0 aliphatic carbocycles. The summed E-state index contributed by atoms with van der Waals surface area (Å²) in [5.74, 6) is 0.654. The molecule has 1 saturated heterocycles. The molecule has 0 saturated carbocycles. The molecule has 26 heavy (non-hydrogen) atoms. The number of benzene rings is 1. The maximum absolute atomic E-state index is 12.1. The molecule has 1 aromatic carbocycles. The van der Waals surface area contributed by atoms with Crippen LogP contribution in [0.15, 0.2) is 29.4 Å². The van der Waals surface area contributed by atoms with Crippen LogP contribution in [0.2, 0.25) is 5.02 Å². The molecule has 2 aromatic rings. The Hall–Kier alpha value is -1.73. The largest absolute Gasteiger partial charge is 0.459 e. The fourth-order valence-corrected chi connectivity index (χ4v) is 3.75. The number of ether oxygens (including phenoxy) is 1. The lowest BCUT2D eigenvalue weighted by atomic mass is 10.2. The molecule has 0 atom stereocenters. The molecular weight excluding hydrogens is 372 g/mol. The number of thioether (sulfide) groups is 1. The quantitative estimate of drug-likeness (QED) is 0.565. The molecule has 0 amide bonds. The van der Waals surface area contributed by atoms with E-state index >= 15 is 0 Å². The van der Waals surface area contributed by atoms with Gasteiger partial charge < -0.3 is 9.64 Å². The number of esters is 1. The summed E-state index contributed by atoms with van der Waals surface area (Å²) in [6.45, 7) is 7.45. The highest BCUT2D eigenvalue weighted by Gasteiger charge is 2.24. The lowest BCUT2D eigenvalue weighted by molar-refractivity contribution is -0.151. The summed E-state index contributed by atoms with van der Waals surface area (Å²) in [6, 6.07) is 7.59. The van der Waals surface area contributed by atoms with E-state index in [4.69, 9.17) is 16.3 Å². The van der Waals surface area contributed by atoms with Crippen LogP contribution in [0.3, 0.4) is 0 Å². The van der Waals surface area contributed by atoms with Crippen LogP contribution in [-0.2, 0) is 9.53 Å². The smallest absolute Gasteiger partial charge is 0.316 e. The molecule has 1 aliphatic rings. The minimum absolute atomic E-state index is 0.167. The third-order valence-corrected chi connectivity index (χ3v) is 5.06. The number of aromatic nitrogens is 3. The summed E-state index contributed by atoms with van der Waals surface area (Å²) in [5.41, 5.74) is 0.308. The molecule has 140 valence electrons. The van der Waals surface area contributed by atoms with Gasteiger partial charge in [-0.1, -0.05) is 35.5 Å². The lowest BCUT2D eigenvalue weighted by Crippen LogP contribution is -2.25. The van der Waals surface area contributed by atoms with Crippen LogP contribution in [-0.4, -0.2) is 45.2 Å². The minimum atomic E-state index is -0.505. The minimum Gasteiger partial charge on any atom is -0.459 e. The number of nitrogens with zero attached hydrogens (tertiary/aromatic N) is 4. The van der Waals surface area contributed by atoms with E-state index in [0.717, 1.165) is 37.6 Å². The summed E-state index contributed by atoms with van der Waals surface area (Å²) in [7, 11) is 0. The van der Waals surface area contributed by atoms with E-state index in [9.17, 15) is 4.79 Å². The zero-order chi connectivity index (χ0) is 18.7. The topological polar surface area (TPSA) is 60.2 Å². The Labute approximate surface area is 162 Å². The Morgan fingerprint density at radius 3 is 2.58 bits per heavy atom. The van der Waals surface area contributed by atoms with Gasteiger partial charge in [0, 0.05) is 13.1 Å². The van der Waals surface area contributed by atoms with Crippen molar-refractivity contribution in [1.82, 2.24) is 14.8 Å². The fourth-order valence-electron chi connectivity index (χ4n) is 2.82. The molecule has 3 rings (SSSR count). The molecule has 0 radical (unpaired) electrons. The molecule has 0 bridgehead atoms. The van der Waals surface area contributed by atoms with E-state index in [0.29, 0.717) is 10.2 Å². The molecule has 0 spiro atoms. The van der Waals surface area contributed by atoms with Gasteiger partial charge in [0.15, 0.2) is 5.16 Å². The number of rotatable bonds is 5. The van der Waals surface area contributed by atoms with E-state index in [1.807, 2.05) is 49.6 Å². The van der Waals surface area contributed by atoms with E-state index in [2.05, 4.69) is 15.1 Å². The van der Waals surface area contributed by atoms with Gasteiger partial charge in [0.05, 0.1) is 16.5 Å². The lowest BCUT2D eigenvalue weighted by Gasteiger charge is -2.20. The Kier molecular flexibility index (Phi) is 5.77. The first kappa shape index (κ1) is 19.0. The molecular formula is C18H23ClN4O2S. The van der Waals surface area contributed by atoms with Crippen LogP contribution < -0.4 is 4.90 Å². The average Bonchev–Trinajstić information content (AvgIpc) is 3.21. The molecule has 1 fully saturated rings. The Balaban J connectivity index is 1.88. The van der Waals surface area contributed by atoms with Gasteiger partial charge in [-0.2, -0.15) is 0 Å². The standard InChI is InChI=1S/C18H23ClN4O2S/c1-18(2,3)25-15(24)12-26-17-21-20-16(22-10-6-7-11-22)23(17)14-9-5-4-8-13(14)19/h4-5,8-9H,6-7,10-12H2,1-3H3. The van der Waals surface area contributed by atoms with Crippen LogP contribution in [0.25, 0.3) is 5.69 Å². The van der Waals surface area contributed by atoms with Gasteiger partial charge in [0.2, 0.25) is 5.95 Å². The predicted molar refractivity (Wildman–Crippen MR) is 104 cm³/mol. The van der Waals surface area contributed by atoms with Crippen LogP contribution in [0.4, 0.5) is 5.95 Å². The second kappa shape index (κ2) is 7.88. The van der Waals surface area contributed by atoms with Crippen LogP contribution in [0, 0.1) is 0 Å². The van der Waals surface area contributed by atoms with Crippen molar-refractivity contribution in [1.29, 1.82) is 0 Å². The monoisotopic (exact) mass is 394 g/mol. The molecule has 2 heterocycles. The third kappa shape index (κ3) is 4.51. The normalized spacial score (nSPS) is 14.7. The average molecular weight is 395 g/mol. The van der Waals surface area contributed by atoms with Gasteiger partial charge >= 0.3 is 5.97 Å². The number of hydrogen-bond donors (Lipinski definition) is 0. The number of anilines is 1. The first-order valence-electron chi connectivity index (χ1n) is 8.65. The molecule has 0 N–H and O–H groups in total. The maximum atomic E-state index is 12.1. The molecule has 6 nitrogen and oxygen atoms in total. The first-order chi connectivity index (χ1) is 12.3. The van der Waals surface area contributed by atoms with Gasteiger partial charge in [-0.05, 0) is 45.7 Å². The second-order valence-electron chi connectivity index (χ2n) is 7.14. The summed E-state index contributed by atoms with van der Waals surface area (Å²) in [6.07, 6.45) is 2.27. The van der Waals surface area contributed by atoms with Crippen molar-refractivity contribution in [3.05, 3.63) is 29.3 Å². The first-order valence-corrected chi connectivity index (χ1v) is 10.0.